The number of fused-ring (bicyclic) bond motifs is 1. The summed E-state index contributed by atoms with van der Waals surface area (Å²) in [7, 11) is 0. The molecule has 0 N–H and O–H groups in total. The molecule has 1 heterocycles. The molecule has 13 heavy (non-hydrogen) atoms. The molecule has 0 spiro atoms. The third-order valence-electron chi connectivity index (χ3n) is 2.05. The quantitative estimate of drug-likeness (QED) is 0.637. The van der Waals surface area contributed by atoms with Crippen LogP contribution in [0.5, 0.6) is 0 Å². The Balaban J connectivity index is 2.92. The summed E-state index contributed by atoms with van der Waals surface area (Å²) in [6, 6.07) is 4.89. The molecule has 66 valence electrons. The molecule has 0 saturated heterocycles. The van der Waals surface area contributed by atoms with Crippen molar-refractivity contribution in [3.63, 3.8) is 0 Å². The second-order valence-electron chi connectivity index (χ2n) is 2.82. The fraction of sp³-hybridized carbons (Fsp3) is 0.100. The van der Waals surface area contributed by atoms with Gasteiger partial charge in [-0.3, -0.25) is 4.79 Å². The molecule has 1 aromatic heterocycles. The minimum atomic E-state index is -0.251. The van der Waals surface area contributed by atoms with Crippen LogP contribution in [0.15, 0.2) is 18.2 Å². The largest absolute Gasteiger partial charge is 0.297 e. The molecule has 0 aliphatic carbocycles. The van der Waals surface area contributed by atoms with Crippen LogP contribution in [0, 0.1) is 12.7 Å². The summed E-state index contributed by atoms with van der Waals surface area (Å²) in [5.41, 5.74) is 0.744. The maximum absolute atomic E-state index is 13.3. The lowest BCUT2D eigenvalue weighted by atomic mass is 10.1. The van der Waals surface area contributed by atoms with E-state index in [2.05, 4.69) is 0 Å². The number of rotatable bonds is 1. The molecule has 1 nitrogen and oxygen atoms in total. The van der Waals surface area contributed by atoms with Crippen molar-refractivity contribution >= 4 is 27.7 Å². The minimum Gasteiger partial charge on any atom is -0.297 e. The molecule has 0 aliphatic heterocycles. The zero-order valence-corrected chi connectivity index (χ0v) is 7.82. The standard InChI is InChI=1S/C10H7FOS/c1-6-9(5-12)13-8-4-2-3-7(11)10(6)8/h2-5H,1H3. The Morgan fingerprint density at radius 3 is 2.85 bits per heavy atom. The number of carbonyl (C=O) groups is 1. The van der Waals surface area contributed by atoms with E-state index in [9.17, 15) is 9.18 Å². The normalized spacial score (nSPS) is 10.6. The second kappa shape index (κ2) is 2.92. The summed E-state index contributed by atoms with van der Waals surface area (Å²) in [5, 5.41) is 0.578. The fourth-order valence-corrected chi connectivity index (χ4v) is 2.42. The van der Waals surface area contributed by atoms with Crippen molar-refractivity contribution < 1.29 is 9.18 Å². The lowest BCUT2D eigenvalue weighted by Crippen LogP contribution is -1.79. The summed E-state index contributed by atoms with van der Waals surface area (Å²) in [5.74, 6) is -0.251. The van der Waals surface area contributed by atoms with Gasteiger partial charge in [0.15, 0.2) is 6.29 Å². The second-order valence-corrected chi connectivity index (χ2v) is 3.91. The van der Waals surface area contributed by atoms with Gasteiger partial charge in [-0.2, -0.15) is 0 Å². The first-order valence-electron chi connectivity index (χ1n) is 3.87. The topological polar surface area (TPSA) is 17.1 Å². The third kappa shape index (κ3) is 1.16. The van der Waals surface area contributed by atoms with E-state index < -0.39 is 0 Å². The van der Waals surface area contributed by atoms with Crippen LogP contribution in [0.2, 0.25) is 0 Å². The minimum absolute atomic E-state index is 0.251. The van der Waals surface area contributed by atoms with Crippen molar-refractivity contribution in [2.45, 2.75) is 6.92 Å². The first-order chi connectivity index (χ1) is 6.24. The van der Waals surface area contributed by atoms with Crippen LogP contribution >= 0.6 is 11.3 Å². The highest BCUT2D eigenvalue weighted by atomic mass is 32.1. The van der Waals surface area contributed by atoms with Crippen LogP contribution in [-0.2, 0) is 0 Å². The molecule has 0 amide bonds. The highest BCUT2D eigenvalue weighted by Crippen LogP contribution is 2.31. The molecule has 0 atom stereocenters. The van der Waals surface area contributed by atoms with Gasteiger partial charge in [0.1, 0.15) is 5.82 Å². The molecule has 0 radical (unpaired) electrons. The van der Waals surface area contributed by atoms with Crippen molar-refractivity contribution in [2.24, 2.45) is 0 Å². The SMILES string of the molecule is Cc1c(C=O)sc2cccc(F)c12. The van der Waals surface area contributed by atoms with E-state index in [1.807, 2.05) is 6.07 Å². The van der Waals surface area contributed by atoms with Gasteiger partial charge in [0.25, 0.3) is 0 Å². The maximum atomic E-state index is 13.3. The number of halogens is 1. The maximum Gasteiger partial charge on any atom is 0.160 e. The van der Waals surface area contributed by atoms with Crippen molar-refractivity contribution in [1.29, 1.82) is 0 Å². The summed E-state index contributed by atoms with van der Waals surface area (Å²) >= 11 is 1.33. The highest BCUT2D eigenvalue weighted by molar-refractivity contribution is 7.20. The number of aldehydes is 1. The molecule has 0 fully saturated rings. The monoisotopic (exact) mass is 194 g/mol. The van der Waals surface area contributed by atoms with Gasteiger partial charge in [0.05, 0.1) is 4.88 Å². The van der Waals surface area contributed by atoms with Crippen LogP contribution in [0.3, 0.4) is 0 Å². The van der Waals surface area contributed by atoms with Crippen LogP contribution < -0.4 is 0 Å². The number of carbonyl (C=O) groups excluding carboxylic acids is 1. The molecule has 3 heteroatoms. The zero-order chi connectivity index (χ0) is 9.42. The summed E-state index contributed by atoms with van der Waals surface area (Å²) < 4.78 is 14.1. The van der Waals surface area contributed by atoms with Gasteiger partial charge in [-0.15, -0.1) is 11.3 Å². The van der Waals surface area contributed by atoms with Gasteiger partial charge in [0.2, 0.25) is 0 Å². The van der Waals surface area contributed by atoms with Crippen LogP contribution in [-0.4, -0.2) is 6.29 Å². The predicted molar refractivity (Wildman–Crippen MR) is 51.9 cm³/mol. The van der Waals surface area contributed by atoms with Gasteiger partial charge in [-0.1, -0.05) is 6.07 Å². The van der Waals surface area contributed by atoms with Crippen molar-refractivity contribution in [3.8, 4) is 0 Å². The van der Waals surface area contributed by atoms with E-state index in [0.717, 1.165) is 16.5 Å². The lowest BCUT2D eigenvalue weighted by molar-refractivity contribution is 0.112. The summed E-state index contributed by atoms with van der Waals surface area (Å²) in [6.07, 6.45) is 0.777. The summed E-state index contributed by atoms with van der Waals surface area (Å²) in [4.78, 5) is 11.2. The van der Waals surface area contributed by atoms with Gasteiger partial charge >= 0.3 is 0 Å². The Bertz CT molecular complexity index is 473. The number of hydrogen-bond donors (Lipinski definition) is 0. The first-order valence-corrected chi connectivity index (χ1v) is 4.68. The number of hydrogen-bond acceptors (Lipinski definition) is 2. The fourth-order valence-electron chi connectivity index (χ4n) is 1.38. The van der Waals surface area contributed by atoms with Crippen molar-refractivity contribution in [1.82, 2.24) is 0 Å². The zero-order valence-electron chi connectivity index (χ0n) is 7.00. The molecule has 0 aliphatic rings. The molecule has 2 aromatic rings. The van der Waals surface area contributed by atoms with E-state index in [0.29, 0.717) is 10.3 Å². The van der Waals surface area contributed by atoms with Crippen LogP contribution in [0.1, 0.15) is 15.2 Å². The number of benzene rings is 1. The predicted octanol–water partition coefficient (Wildman–Crippen LogP) is 3.16. The Morgan fingerprint density at radius 1 is 1.46 bits per heavy atom. The molecule has 1 aromatic carbocycles. The Hall–Kier alpha value is -1.22. The molecule has 0 saturated carbocycles. The Morgan fingerprint density at radius 2 is 2.23 bits per heavy atom. The first kappa shape index (κ1) is 8.38. The average molecular weight is 194 g/mol. The molecule has 0 bridgehead atoms. The average Bonchev–Trinajstić information content (AvgIpc) is 2.44. The number of thiophene rings is 1. The van der Waals surface area contributed by atoms with Gasteiger partial charge < -0.3 is 0 Å². The van der Waals surface area contributed by atoms with Crippen molar-refractivity contribution in [2.75, 3.05) is 0 Å². The van der Waals surface area contributed by atoms with E-state index in [4.69, 9.17) is 0 Å². The molecular weight excluding hydrogens is 187 g/mol. The smallest absolute Gasteiger partial charge is 0.160 e. The van der Waals surface area contributed by atoms with Crippen molar-refractivity contribution in [3.05, 3.63) is 34.5 Å². The van der Waals surface area contributed by atoms with Gasteiger partial charge in [0, 0.05) is 10.1 Å². The Kier molecular flexibility index (Phi) is 1.88. The lowest BCUT2D eigenvalue weighted by Gasteiger charge is -1.92. The highest BCUT2D eigenvalue weighted by Gasteiger charge is 2.10. The summed E-state index contributed by atoms with van der Waals surface area (Å²) in [6.45, 7) is 1.77. The molecule has 0 unspecified atom stereocenters. The number of aryl methyl sites for hydroxylation is 1. The van der Waals surface area contributed by atoms with Crippen LogP contribution in [0.25, 0.3) is 10.1 Å². The van der Waals surface area contributed by atoms with E-state index in [1.165, 1.54) is 17.4 Å². The Labute approximate surface area is 78.8 Å². The van der Waals surface area contributed by atoms with Crippen LogP contribution in [0.4, 0.5) is 4.39 Å². The third-order valence-corrected chi connectivity index (χ3v) is 3.23. The molecule has 2 rings (SSSR count). The van der Waals surface area contributed by atoms with E-state index in [-0.39, 0.29) is 5.82 Å². The molecular formula is C10H7FOS. The van der Waals surface area contributed by atoms with Gasteiger partial charge in [-0.25, -0.2) is 4.39 Å². The van der Waals surface area contributed by atoms with E-state index in [1.54, 1.807) is 13.0 Å². The van der Waals surface area contributed by atoms with E-state index >= 15 is 0 Å². The van der Waals surface area contributed by atoms with Gasteiger partial charge in [-0.05, 0) is 24.6 Å².